The van der Waals surface area contributed by atoms with E-state index in [1.165, 1.54) is 7.11 Å². The Hall–Kier alpha value is -2.61. The zero-order chi connectivity index (χ0) is 17.0. The molecule has 4 amide bonds. The molecule has 0 unspecified atom stereocenters. The Morgan fingerprint density at radius 3 is 2.48 bits per heavy atom. The van der Waals surface area contributed by atoms with Gasteiger partial charge < -0.3 is 20.1 Å². The number of nitrogens with zero attached hydrogens (tertiary/aromatic N) is 1. The number of hydrogen-bond donors (Lipinski definition) is 2. The lowest BCUT2D eigenvalue weighted by atomic mass is 10.0. The average Bonchev–Trinajstić information content (AvgIpc) is 2.72. The van der Waals surface area contributed by atoms with Gasteiger partial charge in [-0.05, 0) is 31.2 Å². The van der Waals surface area contributed by atoms with Crippen LogP contribution in [0.3, 0.4) is 0 Å². The van der Waals surface area contributed by atoms with Gasteiger partial charge in [0, 0.05) is 12.8 Å². The number of urea groups is 1. The fourth-order valence-electron chi connectivity index (χ4n) is 2.30. The first-order valence-electron chi connectivity index (χ1n) is 6.96. The first kappa shape index (κ1) is 16.8. The Morgan fingerprint density at radius 1 is 1.26 bits per heavy atom. The summed E-state index contributed by atoms with van der Waals surface area (Å²) in [5.41, 5.74) is -0.603. The Bertz CT molecular complexity index is 616. The van der Waals surface area contributed by atoms with Crippen molar-refractivity contribution in [2.45, 2.75) is 12.5 Å². The van der Waals surface area contributed by atoms with Crippen molar-refractivity contribution in [3.05, 3.63) is 24.3 Å². The van der Waals surface area contributed by atoms with Crippen molar-refractivity contribution in [1.29, 1.82) is 0 Å². The number of methoxy groups -OCH3 is 2. The number of hydrogen-bond acceptors (Lipinski definition) is 5. The second kappa shape index (κ2) is 6.66. The number of benzene rings is 1. The molecule has 1 atom stereocenters. The average molecular weight is 321 g/mol. The normalized spacial score (nSPS) is 20.4. The molecule has 8 heteroatoms. The van der Waals surface area contributed by atoms with Crippen molar-refractivity contribution >= 4 is 23.5 Å². The Balaban J connectivity index is 1.99. The third-order valence-electron chi connectivity index (χ3n) is 3.45. The zero-order valence-corrected chi connectivity index (χ0v) is 13.2. The van der Waals surface area contributed by atoms with Crippen LogP contribution in [0.25, 0.3) is 0 Å². The fraction of sp³-hybridized carbons (Fsp3) is 0.400. The highest BCUT2D eigenvalue weighted by molar-refractivity contribution is 6.10. The highest BCUT2D eigenvalue weighted by Crippen LogP contribution is 2.18. The molecule has 124 valence electrons. The van der Waals surface area contributed by atoms with Crippen molar-refractivity contribution in [3.8, 4) is 5.75 Å². The van der Waals surface area contributed by atoms with E-state index in [0.717, 1.165) is 4.90 Å². The van der Waals surface area contributed by atoms with Gasteiger partial charge in [-0.15, -0.1) is 0 Å². The molecule has 1 heterocycles. The van der Waals surface area contributed by atoms with Crippen LogP contribution < -0.4 is 15.4 Å². The number of carbonyl (C=O) groups is 3. The molecule has 0 bridgehead atoms. The minimum Gasteiger partial charge on any atom is -0.497 e. The molecule has 1 aliphatic rings. The molecule has 1 saturated heterocycles. The number of carbonyl (C=O) groups excluding carboxylic acids is 3. The van der Waals surface area contributed by atoms with E-state index in [1.807, 2.05) is 0 Å². The molecule has 0 saturated carbocycles. The van der Waals surface area contributed by atoms with Crippen molar-refractivity contribution in [3.63, 3.8) is 0 Å². The fourth-order valence-corrected chi connectivity index (χ4v) is 2.30. The molecule has 0 aliphatic carbocycles. The molecular weight excluding hydrogens is 302 g/mol. The van der Waals surface area contributed by atoms with Gasteiger partial charge in [-0.3, -0.25) is 14.5 Å². The highest BCUT2D eigenvalue weighted by Gasteiger charge is 2.48. The predicted molar refractivity (Wildman–Crippen MR) is 82.1 cm³/mol. The van der Waals surface area contributed by atoms with Crippen molar-refractivity contribution < 1.29 is 23.9 Å². The summed E-state index contributed by atoms with van der Waals surface area (Å²) < 4.78 is 9.97. The van der Waals surface area contributed by atoms with E-state index in [4.69, 9.17) is 9.47 Å². The molecule has 1 aromatic rings. The number of ether oxygens (including phenoxy) is 2. The zero-order valence-electron chi connectivity index (χ0n) is 13.2. The summed E-state index contributed by atoms with van der Waals surface area (Å²) in [6.07, 6.45) is 0. The van der Waals surface area contributed by atoms with Gasteiger partial charge in [-0.1, -0.05) is 0 Å². The van der Waals surface area contributed by atoms with E-state index in [0.29, 0.717) is 11.4 Å². The Labute approximate surface area is 133 Å². The van der Waals surface area contributed by atoms with Gasteiger partial charge in [0.15, 0.2) is 0 Å². The van der Waals surface area contributed by atoms with Crippen LogP contribution in [0.2, 0.25) is 0 Å². The maximum Gasteiger partial charge on any atom is 0.325 e. The maximum atomic E-state index is 12.3. The van der Waals surface area contributed by atoms with E-state index in [1.54, 1.807) is 38.3 Å². The summed E-state index contributed by atoms with van der Waals surface area (Å²) in [7, 11) is 2.98. The van der Waals surface area contributed by atoms with Crippen LogP contribution in [0.15, 0.2) is 24.3 Å². The van der Waals surface area contributed by atoms with Crippen LogP contribution in [0.4, 0.5) is 10.5 Å². The van der Waals surface area contributed by atoms with Gasteiger partial charge in [-0.25, -0.2) is 4.79 Å². The summed E-state index contributed by atoms with van der Waals surface area (Å²) in [4.78, 5) is 37.1. The largest absolute Gasteiger partial charge is 0.497 e. The highest BCUT2D eigenvalue weighted by atomic mass is 16.5. The smallest absolute Gasteiger partial charge is 0.325 e. The molecule has 0 aromatic heterocycles. The lowest BCUT2D eigenvalue weighted by molar-refractivity contribution is -0.134. The molecule has 2 N–H and O–H groups in total. The summed E-state index contributed by atoms with van der Waals surface area (Å²) in [5, 5.41) is 5.15. The van der Waals surface area contributed by atoms with Crippen LogP contribution >= 0.6 is 0 Å². The molecule has 23 heavy (non-hydrogen) atoms. The quantitative estimate of drug-likeness (QED) is 0.748. The second-order valence-corrected chi connectivity index (χ2v) is 5.36. The number of imide groups is 1. The number of nitrogens with one attached hydrogen (secondary N) is 2. The molecule has 2 rings (SSSR count). The standard InChI is InChI=1S/C15H19N3O5/c1-15(9-22-2)13(20)18(14(21)17-15)8-12(19)16-10-4-6-11(23-3)7-5-10/h4-7H,8-9H2,1-3H3,(H,16,19)(H,17,21)/t15-/m0/s1. The molecule has 1 fully saturated rings. The molecular formula is C15H19N3O5. The van der Waals surface area contributed by atoms with E-state index in [2.05, 4.69) is 10.6 Å². The molecule has 1 aromatic carbocycles. The van der Waals surface area contributed by atoms with Crippen LogP contribution in [0.5, 0.6) is 5.75 Å². The van der Waals surface area contributed by atoms with Gasteiger partial charge in [-0.2, -0.15) is 0 Å². The van der Waals surface area contributed by atoms with Crippen LogP contribution in [-0.4, -0.2) is 55.7 Å². The van der Waals surface area contributed by atoms with E-state index in [-0.39, 0.29) is 13.2 Å². The Kier molecular flexibility index (Phi) is 4.85. The van der Waals surface area contributed by atoms with Gasteiger partial charge in [0.2, 0.25) is 5.91 Å². The number of anilines is 1. The summed E-state index contributed by atoms with van der Waals surface area (Å²) in [5.74, 6) is -0.304. The van der Waals surface area contributed by atoms with E-state index >= 15 is 0 Å². The minimum atomic E-state index is -1.15. The summed E-state index contributed by atoms with van der Waals surface area (Å²) in [6, 6.07) is 6.10. The lowest BCUT2D eigenvalue weighted by Crippen LogP contribution is -2.48. The molecule has 1 aliphatic heterocycles. The van der Waals surface area contributed by atoms with E-state index in [9.17, 15) is 14.4 Å². The van der Waals surface area contributed by atoms with Gasteiger partial charge in [0.1, 0.15) is 17.8 Å². The van der Waals surface area contributed by atoms with Crippen LogP contribution in [-0.2, 0) is 14.3 Å². The first-order valence-corrected chi connectivity index (χ1v) is 6.96. The maximum absolute atomic E-state index is 12.3. The minimum absolute atomic E-state index is 0.0359. The summed E-state index contributed by atoms with van der Waals surface area (Å²) >= 11 is 0. The van der Waals surface area contributed by atoms with Gasteiger partial charge >= 0.3 is 6.03 Å². The molecule has 0 radical (unpaired) electrons. The topological polar surface area (TPSA) is 97.0 Å². The third kappa shape index (κ3) is 3.59. The lowest BCUT2D eigenvalue weighted by Gasteiger charge is -2.20. The van der Waals surface area contributed by atoms with Crippen molar-refractivity contribution in [2.24, 2.45) is 0 Å². The predicted octanol–water partition coefficient (Wildman–Crippen LogP) is 0.591. The van der Waals surface area contributed by atoms with Crippen LogP contribution in [0.1, 0.15) is 6.92 Å². The Morgan fingerprint density at radius 2 is 1.91 bits per heavy atom. The second-order valence-electron chi connectivity index (χ2n) is 5.36. The first-order chi connectivity index (χ1) is 10.9. The monoisotopic (exact) mass is 321 g/mol. The molecule has 0 spiro atoms. The van der Waals surface area contributed by atoms with Crippen LogP contribution in [0, 0.1) is 0 Å². The van der Waals surface area contributed by atoms with Crippen molar-refractivity contribution in [2.75, 3.05) is 32.7 Å². The third-order valence-corrected chi connectivity index (χ3v) is 3.45. The van der Waals surface area contributed by atoms with Gasteiger partial charge in [0.25, 0.3) is 5.91 Å². The van der Waals surface area contributed by atoms with Crippen molar-refractivity contribution in [1.82, 2.24) is 10.2 Å². The number of amides is 4. The van der Waals surface area contributed by atoms with E-state index < -0.39 is 23.4 Å². The SMILES string of the molecule is COC[C@]1(C)NC(=O)N(CC(=O)Nc2ccc(OC)cc2)C1=O. The van der Waals surface area contributed by atoms with Gasteiger partial charge in [0.05, 0.1) is 13.7 Å². The summed E-state index contributed by atoms with van der Waals surface area (Å²) in [6.45, 7) is 1.22. The number of rotatable bonds is 6. The molecule has 8 nitrogen and oxygen atoms in total.